The summed E-state index contributed by atoms with van der Waals surface area (Å²) in [5.41, 5.74) is 2.23. The molecule has 1 fully saturated rings. The van der Waals surface area contributed by atoms with Gasteiger partial charge in [-0.05, 0) is 71.9 Å². The van der Waals surface area contributed by atoms with E-state index in [0.717, 1.165) is 37.0 Å². The van der Waals surface area contributed by atoms with Crippen LogP contribution in [0.3, 0.4) is 0 Å². The van der Waals surface area contributed by atoms with Crippen LogP contribution in [-0.4, -0.2) is 53.7 Å². The zero-order valence-electron chi connectivity index (χ0n) is 15.0. The van der Waals surface area contributed by atoms with Gasteiger partial charge in [0.05, 0.1) is 6.54 Å². The molecule has 5 nitrogen and oxygen atoms in total. The van der Waals surface area contributed by atoms with E-state index < -0.39 is 0 Å². The molecule has 1 aromatic carbocycles. The number of rotatable bonds is 6. The van der Waals surface area contributed by atoms with Crippen molar-refractivity contribution in [3.8, 4) is 11.4 Å². The maximum absolute atomic E-state index is 5.46. The van der Waals surface area contributed by atoms with E-state index in [2.05, 4.69) is 53.1 Å². The minimum Gasteiger partial charge on any atom is -0.338 e. The van der Waals surface area contributed by atoms with Crippen LogP contribution in [0.1, 0.15) is 30.7 Å². The molecule has 0 N–H and O–H groups in total. The molecule has 3 rings (SSSR count). The number of hydrogen-bond acceptors (Lipinski definition) is 5. The second kappa shape index (κ2) is 7.90. The first kappa shape index (κ1) is 17.1. The summed E-state index contributed by atoms with van der Waals surface area (Å²) >= 11 is 0. The molecule has 130 valence electrons. The van der Waals surface area contributed by atoms with E-state index >= 15 is 0 Å². The lowest BCUT2D eigenvalue weighted by Crippen LogP contribution is -2.34. The Hall–Kier alpha value is -1.72. The first-order chi connectivity index (χ1) is 11.6. The Morgan fingerprint density at radius 3 is 2.75 bits per heavy atom. The molecule has 1 aliphatic rings. The smallest absolute Gasteiger partial charge is 0.241 e. The zero-order valence-corrected chi connectivity index (χ0v) is 15.0. The standard InChI is InChI=1S/C19H28N4O/c1-15-5-4-6-17(13-15)19-20-18(24-21-19)14-23-11-8-16(9-12-23)7-10-22(2)3/h4-6,13,16H,7-12,14H2,1-3H3. The molecular formula is C19H28N4O. The Morgan fingerprint density at radius 2 is 2.04 bits per heavy atom. The van der Waals surface area contributed by atoms with Gasteiger partial charge in [-0.1, -0.05) is 28.9 Å². The van der Waals surface area contributed by atoms with Crippen LogP contribution in [-0.2, 0) is 6.54 Å². The second-order valence-electron chi connectivity index (χ2n) is 7.19. The van der Waals surface area contributed by atoms with E-state index in [4.69, 9.17) is 4.52 Å². The van der Waals surface area contributed by atoms with Crippen LogP contribution < -0.4 is 0 Å². The first-order valence-corrected chi connectivity index (χ1v) is 8.87. The van der Waals surface area contributed by atoms with E-state index in [1.165, 1.54) is 31.4 Å². The Bertz CT molecular complexity index is 644. The van der Waals surface area contributed by atoms with Crippen molar-refractivity contribution in [1.29, 1.82) is 0 Å². The molecule has 2 aromatic rings. The predicted octanol–water partition coefficient (Wildman–Crippen LogP) is 3.21. The fourth-order valence-electron chi connectivity index (χ4n) is 3.29. The molecular weight excluding hydrogens is 300 g/mol. The fraction of sp³-hybridized carbons (Fsp3) is 0.579. The molecule has 0 aliphatic carbocycles. The summed E-state index contributed by atoms with van der Waals surface area (Å²) < 4.78 is 5.46. The number of piperidine rings is 1. The van der Waals surface area contributed by atoms with Crippen LogP contribution in [0.15, 0.2) is 28.8 Å². The lowest BCUT2D eigenvalue weighted by Gasteiger charge is -2.31. The van der Waals surface area contributed by atoms with Gasteiger partial charge in [0.1, 0.15) is 0 Å². The Morgan fingerprint density at radius 1 is 1.25 bits per heavy atom. The third-order valence-corrected chi connectivity index (χ3v) is 4.79. The number of hydrogen-bond donors (Lipinski definition) is 0. The van der Waals surface area contributed by atoms with Crippen LogP contribution in [0.2, 0.25) is 0 Å². The minimum atomic E-state index is 0.689. The van der Waals surface area contributed by atoms with E-state index in [0.29, 0.717) is 5.82 Å². The molecule has 24 heavy (non-hydrogen) atoms. The average molecular weight is 328 g/mol. The van der Waals surface area contributed by atoms with Crippen LogP contribution >= 0.6 is 0 Å². The molecule has 0 unspecified atom stereocenters. The van der Waals surface area contributed by atoms with Crippen LogP contribution in [0.4, 0.5) is 0 Å². The number of benzene rings is 1. The third kappa shape index (κ3) is 4.65. The molecule has 1 saturated heterocycles. The molecule has 2 heterocycles. The third-order valence-electron chi connectivity index (χ3n) is 4.79. The van der Waals surface area contributed by atoms with E-state index in [9.17, 15) is 0 Å². The number of aromatic nitrogens is 2. The van der Waals surface area contributed by atoms with E-state index in [1.54, 1.807) is 0 Å². The van der Waals surface area contributed by atoms with Crippen molar-refractivity contribution in [2.24, 2.45) is 5.92 Å². The van der Waals surface area contributed by atoms with Gasteiger partial charge in [0.15, 0.2) is 0 Å². The van der Waals surface area contributed by atoms with Gasteiger partial charge in [0.2, 0.25) is 11.7 Å². The number of likely N-dealkylation sites (tertiary alicyclic amines) is 1. The van der Waals surface area contributed by atoms with Crippen LogP contribution in [0.5, 0.6) is 0 Å². The van der Waals surface area contributed by atoms with Crippen molar-refractivity contribution in [1.82, 2.24) is 19.9 Å². The van der Waals surface area contributed by atoms with Crippen molar-refractivity contribution in [2.45, 2.75) is 32.7 Å². The molecule has 0 bridgehead atoms. The van der Waals surface area contributed by atoms with Crippen molar-refractivity contribution in [3.05, 3.63) is 35.7 Å². The summed E-state index contributed by atoms with van der Waals surface area (Å²) in [4.78, 5) is 9.27. The lowest BCUT2D eigenvalue weighted by molar-refractivity contribution is 0.150. The SMILES string of the molecule is Cc1cccc(-c2noc(CN3CCC(CCN(C)C)CC3)n2)c1. The summed E-state index contributed by atoms with van der Waals surface area (Å²) in [7, 11) is 4.30. The molecule has 0 spiro atoms. The highest BCUT2D eigenvalue weighted by Crippen LogP contribution is 2.22. The summed E-state index contributed by atoms with van der Waals surface area (Å²) in [6.45, 7) is 6.28. The van der Waals surface area contributed by atoms with Crippen molar-refractivity contribution < 1.29 is 4.52 Å². The Balaban J connectivity index is 1.51. The minimum absolute atomic E-state index is 0.689. The summed E-state index contributed by atoms with van der Waals surface area (Å²) in [6, 6.07) is 8.22. The molecule has 0 atom stereocenters. The number of aryl methyl sites for hydroxylation is 1. The van der Waals surface area contributed by atoms with Gasteiger partial charge < -0.3 is 9.42 Å². The van der Waals surface area contributed by atoms with Crippen molar-refractivity contribution in [2.75, 3.05) is 33.7 Å². The molecule has 1 aromatic heterocycles. The normalized spacial score (nSPS) is 16.8. The topological polar surface area (TPSA) is 45.4 Å². The van der Waals surface area contributed by atoms with Gasteiger partial charge in [0, 0.05) is 5.56 Å². The maximum Gasteiger partial charge on any atom is 0.241 e. The summed E-state index contributed by atoms with van der Waals surface area (Å²) in [5, 5.41) is 4.14. The average Bonchev–Trinajstić information content (AvgIpc) is 3.03. The first-order valence-electron chi connectivity index (χ1n) is 8.87. The zero-order chi connectivity index (χ0) is 16.9. The van der Waals surface area contributed by atoms with Gasteiger partial charge in [0.25, 0.3) is 0 Å². The predicted molar refractivity (Wildman–Crippen MR) is 95.6 cm³/mol. The van der Waals surface area contributed by atoms with Gasteiger partial charge in [-0.2, -0.15) is 4.98 Å². The van der Waals surface area contributed by atoms with Crippen LogP contribution in [0, 0.1) is 12.8 Å². The lowest BCUT2D eigenvalue weighted by atomic mass is 9.93. The molecule has 0 saturated carbocycles. The quantitative estimate of drug-likeness (QED) is 0.815. The summed E-state index contributed by atoms with van der Waals surface area (Å²) in [5.74, 6) is 2.27. The number of nitrogens with zero attached hydrogens (tertiary/aromatic N) is 4. The highest BCUT2D eigenvalue weighted by atomic mass is 16.5. The molecule has 0 amide bonds. The largest absolute Gasteiger partial charge is 0.338 e. The van der Waals surface area contributed by atoms with Gasteiger partial charge >= 0.3 is 0 Å². The Kier molecular flexibility index (Phi) is 5.63. The van der Waals surface area contributed by atoms with Gasteiger partial charge in [-0.15, -0.1) is 0 Å². The second-order valence-corrected chi connectivity index (χ2v) is 7.19. The van der Waals surface area contributed by atoms with E-state index in [-0.39, 0.29) is 0 Å². The summed E-state index contributed by atoms with van der Waals surface area (Å²) in [6.07, 6.45) is 3.85. The van der Waals surface area contributed by atoms with E-state index in [1.807, 2.05) is 12.1 Å². The maximum atomic E-state index is 5.46. The van der Waals surface area contributed by atoms with Crippen molar-refractivity contribution in [3.63, 3.8) is 0 Å². The molecule has 5 heteroatoms. The Labute approximate surface area is 144 Å². The van der Waals surface area contributed by atoms with Gasteiger partial charge in [-0.25, -0.2) is 0 Å². The molecule has 1 aliphatic heterocycles. The molecule has 0 radical (unpaired) electrons. The van der Waals surface area contributed by atoms with Crippen LogP contribution in [0.25, 0.3) is 11.4 Å². The highest BCUT2D eigenvalue weighted by Gasteiger charge is 2.21. The monoisotopic (exact) mass is 328 g/mol. The van der Waals surface area contributed by atoms with Gasteiger partial charge in [-0.3, -0.25) is 4.90 Å². The highest BCUT2D eigenvalue weighted by molar-refractivity contribution is 5.55. The fourth-order valence-corrected chi connectivity index (χ4v) is 3.29. The van der Waals surface area contributed by atoms with Crippen molar-refractivity contribution >= 4 is 0 Å².